The van der Waals surface area contributed by atoms with Gasteiger partial charge in [-0.05, 0) is 10.9 Å². The van der Waals surface area contributed by atoms with Crippen LogP contribution >= 0.6 is 0 Å². The summed E-state index contributed by atoms with van der Waals surface area (Å²) in [5, 5.41) is 18.7. The van der Waals surface area contributed by atoms with Crippen LogP contribution in [0.2, 0.25) is 0 Å². The Labute approximate surface area is 157 Å². The van der Waals surface area contributed by atoms with E-state index in [0.29, 0.717) is 26.4 Å². The third-order valence-electron chi connectivity index (χ3n) is 4.58. The van der Waals surface area contributed by atoms with Crippen LogP contribution in [0.25, 0.3) is 0 Å². The van der Waals surface area contributed by atoms with Crippen LogP contribution in [0, 0.1) is 10.8 Å². The zero-order chi connectivity index (χ0) is 19.2. The molecule has 26 heavy (non-hydrogen) atoms. The van der Waals surface area contributed by atoms with Gasteiger partial charge in [0.2, 0.25) is 0 Å². The van der Waals surface area contributed by atoms with E-state index >= 15 is 0 Å². The van der Waals surface area contributed by atoms with Gasteiger partial charge < -0.3 is 28.8 Å². The molecular weight excluding hydrogens is 334 g/mol. The van der Waals surface area contributed by atoms with Gasteiger partial charge in [0, 0.05) is 37.3 Å². The normalized spacial score (nSPS) is 21.8. The van der Waals surface area contributed by atoms with Crippen molar-refractivity contribution in [3.8, 4) is 0 Å². The molecule has 2 aliphatic heterocycles. The average Bonchev–Trinajstić information content (AvgIpc) is 2.71. The van der Waals surface area contributed by atoms with E-state index in [1.165, 1.54) is 0 Å². The monoisotopic (exact) mass is 364 g/mol. The summed E-state index contributed by atoms with van der Waals surface area (Å²) in [6.45, 7) is 9.81. The molecule has 8 heteroatoms. The molecule has 6 nitrogen and oxygen atoms in total. The number of aliphatic hydroxyl groups is 2. The minimum Gasteiger partial charge on any atom is -0.407 e. The summed E-state index contributed by atoms with van der Waals surface area (Å²) in [5.41, 5.74) is 1.18. The Morgan fingerprint density at radius 2 is 1.00 bits per heavy atom. The standard InChI is InChI=1S/C16H24B2O6.C2H6/c1-15(7-19)9-21-17(22-10-15)13-3-5-14(6-4-13)18-23-11-16(2,8-20)12-24-18;1-2/h3-6,19-20H,7-12H2,1-2H3;1-2H3. The summed E-state index contributed by atoms with van der Waals surface area (Å²) in [6.07, 6.45) is 0. The van der Waals surface area contributed by atoms with E-state index in [1.807, 2.05) is 52.0 Å². The molecule has 0 aromatic heterocycles. The lowest BCUT2D eigenvalue weighted by Gasteiger charge is -2.35. The molecule has 1 aromatic carbocycles. The highest BCUT2D eigenvalue weighted by Gasteiger charge is 2.38. The maximum absolute atomic E-state index is 9.34. The maximum Gasteiger partial charge on any atom is 0.493 e. The Morgan fingerprint density at radius 3 is 1.23 bits per heavy atom. The molecule has 0 aliphatic carbocycles. The second-order valence-electron chi connectivity index (χ2n) is 7.51. The second-order valence-corrected chi connectivity index (χ2v) is 7.51. The van der Waals surface area contributed by atoms with Crippen molar-refractivity contribution in [3.63, 3.8) is 0 Å². The van der Waals surface area contributed by atoms with Gasteiger partial charge in [0.1, 0.15) is 0 Å². The van der Waals surface area contributed by atoms with Crippen molar-refractivity contribution in [2.75, 3.05) is 39.6 Å². The average molecular weight is 364 g/mol. The lowest BCUT2D eigenvalue weighted by atomic mass is 9.71. The van der Waals surface area contributed by atoms with E-state index in [1.54, 1.807) is 0 Å². The van der Waals surface area contributed by atoms with Crippen molar-refractivity contribution < 1.29 is 28.8 Å². The Hall–Kier alpha value is -0.890. The van der Waals surface area contributed by atoms with Crippen LogP contribution in [0.4, 0.5) is 0 Å². The maximum atomic E-state index is 9.34. The number of hydrogen-bond acceptors (Lipinski definition) is 6. The van der Waals surface area contributed by atoms with Crippen molar-refractivity contribution in [1.82, 2.24) is 0 Å². The summed E-state index contributed by atoms with van der Waals surface area (Å²) < 4.78 is 22.9. The Kier molecular flexibility index (Phi) is 7.70. The van der Waals surface area contributed by atoms with Gasteiger partial charge in [-0.1, -0.05) is 52.0 Å². The van der Waals surface area contributed by atoms with E-state index in [4.69, 9.17) is 18.6 Å². The van der Waals surface area contributed by atoms with E-state index in [0.717, 1.165) is 10.9 Å². The summed E-state index contributed by atoms with van der Waals surface area (Å²) in [7, 11) is -0.825. The number of aliphatic hydroxyl groups excluding tert-OH is 2. The molecule has 1 aromatic rings. The molecule has 3 rings (SSSR count). The third kappa shape index (κ3) is 5.09. The van der Waals surface area contributed by atoms with E-state index in [-0.39, 0.29) is 24.0 Å². The Balaban J connectivity index is 0.00000117. The first-order valence-corrected chi connectivity index (χ1v) is 9.25. The zero-order valence-electron chi connectivity index (χ0n) is 16.2. The summed E-state index contributed by atoms with van der Waals surface area (Å²) >= 11 is 0. The van der Waals surface area contributed by atoms with Crippen LogP contribution in [0.5, 0.6) is 0 Å². The van der Waals surface area contributed by atoms with E-state index < -0.39 is 14.2 Å². The SMILES string of the molecule is CC.CC1(CO)COB(c2ccc(B3OCC(C)(CO)CO3)cc2)OC1. The van der Waals surface area contributed by atoms with Crippen LogP contribution in [-0.2, 0) is 18.6 Å². The first kappa shape index (κ1) is 21.4. The molecule has 2 heterocycles. The molecular formula is C18H30B2O6. The highest BCUT2D eigenvalue weighted by Crippen LogP contribution is 2.23. The van der Waals surface area contributed by atoms with Crippen LogP contribution in [0.15, 0.2) is 24.3 Å². The second kappa shape index (κ2) is 9.35. The minimum absolute atomic E-state index is 0.0434. The minimum atomic E-state index is -0.412. The zero-order valence-corrected chi connectivity index (χ0v) is 16.2. The lowest BCUT2D eigenvalue weighted by Crippen LogP contribution is -2.51. The summed E-state index contributed by atoms with van der Waals surface area (Å²) in [5.74, 6) is 0. The van der Waals surface area contributed by atoms with Gasteiger partial charge in [-0.3, -0.25) is 0 Å². The van der Waals surface area contributed by atoms with Gasteiger partial charge in [0.25, 0.3) is 0 Å². The highest BCUT2D eigenvalue weighted by molar-refractivity contribution is 6.63. The fourth-order valence-electron chi connectivity index (χ4n) is 2.66. The molecule has 0 radical (unpaired) electrons. The molecule has 144 valence electrons. The topological polar surface area (TPSA) is 77.4 Å². The summed E-state index contributed by atoms with van der Waals surface area (Å²) in [6, 6.07) is 7.75. The van der Waals surface area contributed by atoms with Crippen LogP contribution in [0.1, 0.15) is 27.7 Å². The lowest BCUT2D eigenvalue weighted by molar-refractivity contribution is -0.0148. The smallest absolute Gasteiger partial charge is 0.407 e. The fraction of sp³-hybridized carbons (Fsp3) is 0.667. The van der Waals surface area contributed by atoms with Crippen molar-refractivity contribution >= 4 is 25.2 Å². The van der Waals surface area contributed by atoms with Crippen LogP contribution in [0.3, 0.4) is 0 Å². The molecule has 2 N–H and O–H groups in total. The molecule has 2 aliphatic rings. The summed E-state index contributed by atoms with van der Waals surface area (Å²) in [4.78, 5) is 0. The highest BCUT2D eigenvalue weighted by atomic mass is 16.6. The third-order valence-corrected chi connectivity index (χ3v) is 4.58. The fourth-order valence-corrected chi connectivity index (χ4v) is 2.66. The number of hydrogen-bond donors (Lipinski definition) is 2. The Morgan fingerprint density at radius 1 is 0.731 bits per heavy atom. The van der Waals surface area contributed by atoms with Gasteiger partial charge in [-0.15, -0.1) is 0 Å². The number of rotatable bonds is 4. The van der Waals surface area contributed by atoms with E-state index in [2.05, 4.69) is 0 Å². The van der Waals surface area contributed by atoms with Crippen LogP contribution < -0.4 is 10.9 Å². The molecule has 2 fully saturated rings. The molecule has 0 bridgehead atoms. The van der Waals surface area contributed by atoms with Gasteiger partial charge >= 0.3 is 14.2 Å². The van der Waals surface area contributed by atoms with Gasteiger partial charge in [-0.2, -0.15) is 0 Å². The Bertz CT molecular complexity index is 488. The van der Waals surface area contributed by atoms with Crippen molar-refractivity contribution in [1.29, 1.82) is 0 Å². The van der Waals surface area contributed by atoms with Gasteiger partial charge in [-0.25, -0.2) is 0 Å². The van der Waals surface area contributed by atoms with Crippen molar-refractivity contribution in [2.24, 2.45) is 10.8 Å². The van der Waals surface area contributed by atoms with Crippen molar-refractivity contribution in [2.45, 2.75) is 27.7 Å². The molecule has 0 amide bonds. The first-order valence-electron chi connectivity index (χ1n) is 9.25. The molecule has 0 unspecified atom stereocenters. The van der Waals surface area contributed by atoms with Gasteiger partial charge in [0.05, 0.1) is 13.2 Å². The van der Waals surface area contributed by atoms with Crippen LogP contribution in [-0.4, -0.2) is 64.1 Å². The molecule has 0 atom stereocenters. The van der Waals surface area contributed by atoms with Crippen molar-refractivity contribution in [3.05, 3.63) is 24.3 Å². The predicted molar refractivity (Wildman–Crippen MR) is 103 cm³/mol. The quantitative estimate of drug-likeness (QED) is 0.744. The molecule has 2 saturated heterocycles. The first-order chi connectivity index (χ1) is 12.5. The molecule has 0 saturated carbocycles. The molecule has 0 spiro atoms. The largest absolute Gasteiger partial charge is 0.493 e. The van der Waals surface area contributed by atoms with E-state index in [9.17, 15) is 10.2 Å². The predicted octanol–water partition coefficient (Wildman–Crippen LogP) is 0.194. The number of benzene rings is 1. The van der Waals surface area contributed by atoms with Gasteiger partial charge in [0.15, 0.2) is 0 Å².